The van der Waals surface area contributed by atoms with Crippen LogP contribution in [0.5, 0.6) is 0 Å². The number of benzene rings is 3. The van der Waals surface area contributed by atoms with E-state index in [1.54, 1.807) is 0 Å². The molecule has 0 heterocycles. The smallest absolute Gasteiger partial charge is 0.0481 e. The van der Waals surface area contributed by atoms with Crippen LogP contribution in [0.15, 0.2) is 54.6 Å². The molecule has 0 atom stereocenters. The highest BCUT2D eigenvalue weighted by molar-refractivity contribution is 5.72. The largest absolute Gasteiger partial charge is 0.396 e. The number of unbranched alkanes of at least 4 members (excludes halogenated alkanes) is 2. The van der Waals surface area contributed by atoms with Gasteiger partial charge >= 0.3 is 0 Å². The van der Waals surface area contributed by atoms with Gasteiger partial charge in [-0.2, -0.15) is 0 Å². The van der Waals surface area contributed by atoms with Gasteiger partial charge in [0.15, 0.2) is 0 Å². The van der Waals surface area contributed by atoms with Crippen LogP contribution in [0.3, 0.4) is 0 Å². The minimum atomic E-state index is -0.0316. The minimum absolute atomic E-state index is 0.0316. The zero-order chi connectivity index (χ0) is 25.9. The fraction of sp³-hybridized carbons (Fsp3) is 0.471. The van der Waals surface area contributed by atoms with Crippen molar-refractivity contribution in [1.82, 2.24) is 0 Å². The molecule has 3 aromatic rings. The molecule has 2 heteroatoms. The molecule has 0 unspecified atom stereocenters. The van der Waals surface area contributed by atoms with Gasteiger partial charge in [-0.3, -0.25) is 0 Å². The summed E-state index contributed by atoms with van der Waals surface area (Å²) < 4.78 is 0. The van der Waals surface area contributed by atoms with Gasteiger partial charge in [0.1, 0.15) is 0 Å². The summed E-state index contributed by atoms with van der Waals surface area (Å²) >= 11 is 0. The molecule has 0 aliphatic heterocycles. The van der Waals surface area contributed by atoms with Crippen LogP contribution in [0.25, 0.3) is 11.1 Å². The Bertz CT molecular complexity index is 1080. The van der Waals surface area contributed by atoms with Crippen LogP contribution in [-0.4, -0.2) is 23.4 Å². The zero-order valence-corrected chi connectivity index (χ0v) is 22.9. The monoisotopic (exact) mass is 486 g/mol. The molecular weight excluding hydrogens is 440 g/mol. The van der Waals surface area contributed by atoms with Gasteiger partial charge in [-0.1, -0.05) is 81.3 Å². The molecule has 0 spiro atoms. The van der Waals surface area contributed by atoms with Crippen LogP contribution in [0.2, 0.25) is 0 Å². The normalized spacial score (nSPS) is 11.4. The van der Waals surface area contributed by atoms with E-state index in [-0.39, 0.29) is 19.1 Å². The molecule has 0 fully saturated rings. The standard InChI is InChI=1S/C34H46O2/c1-5-7-8-9-27-10-12-28(13-11-27)16-18-32-20-26(4)34(21-25(32)3)33-19-17-29(22-31(33)6-2)14-15-30(23-35)24-36/h10-13,17,19-22,30,35-36H,5-9,14-16,18,23-24H2,1-4H3. The fourth-order valence-electron chi connectivity index (χ4n) is 5.14. The van der Waals surface area contributed by atoms with E-state index >= 15 is 0 Å². The maximum atomic E-state index is 9.37. The van der Waals surface area contributed by atoms with Crippen molar-refractivity contribution in [2.45, 2.75) is 85.5 Å². The van der Waals surface area contributed by atoms with Crippen molar-refractivity contribution in [1.29, 1.82) is 0 Å². The van der Waals surface area contributed by atoms with Crippen LogP contribution in [0.1, 0.15) is 78.5 Å². The number of aliphatic hydroxyl groups excluding tert-OH is 2. The lowest BCUT2D eigenvalue weighted by Crippen LogP contribution is -2.12. The van der Waals surface area contributed by atoms with Crippen molar-refractivity contribution in [3.63, 3.8) is 0 Å². The Morgan fingerprint density at radius 3 is 1.92 bits per heavy atom. The first-order valence-electron chi connectivity index (χ1n) is 14.0. The first-order chi connectivity index (χ1) is 17.5. The highest BCUT2D eigenvalue weighted by atomic mass is 16.3. The molecule has 2 N–H and O–H groups in total. The summed E-state index contributed by atoms with van der Waals surface area (Å²) in [7, 11) is 0. The summed E-state index contributed by atoms with van der Waals surface area (Å²) in [5.74, 6) is -0.0316. The van der Waals surface area contributed by atoms with Gasteiger partial charge in [-0.15, -0.1) is 0 Å². The maximum Gasteiger partial charge on any atom is 0.0481 e. The second kappa shape index (κ2) is 14.4. The van der Waals surface area contributed by atoms with Crippen LogP contribution in [0, 0.1) is 19.8 Å². The average molecular weight is 487 g/mol. The lowest BCUT2D eigenvalue weighted by Gasteiger charge is -2.17. The third-order valence-corrected chi connectivity index (χ3v) is 7.66. The summed E-state index contributed by atoms with van der Waals surface area (Å²) in [4.78, 5) is 0. The fourth-order valence-corrected chi connectivity index (χ4v) is 5.14. The van der Waals surface area contributed by atoms with E-state index in [1.807, 2.05) is 0 Å². The first kappa shape index (κ1) is 28.2. The van der Waals surface area contributed by atoms with Crippen molar-refractivity contribution >= 4 is 0 Å². The van der Waals surface area contributed by atoms with Crippen molar-refractivity contribution in [3.8, 4) is 11.1 Å². The predicted molar refractivity (Wildman–Crippen MR) is 154 cm³/mol. The van der Waals surface area contributed by atoms with E-state index in [0.29, 0.717) is 0 Å². The van der Waals surface area contributed by atoms with Gasteiger partial charge < -0.3 is 10.2 Å². The predicted octanol–water partition coefficient (Wildman–Crippen LogP) is 7.58. The lowest BCUT2D eigenvalue weighted by atomic mass is 9.88. The summed E-state index contributed by atoms with van der Waals surface area (Å²) in [5.41, 5.74) is 12.3. The van der Waals surface area contributed by atoms with Crippen molar-refractivity contribution in [3.05, 3.63) is 93.5 Å². The van der Waals surface area contributed by atoms with Crippen LogP contribution < -0.4 is 0 Å². The second-order valence-electron chi connectivity index (χ2n) is 10.5. The Morgan fingerprint density at radius 2 is 1.28 bits per heavy atom. The van der Waals surface area contributed by atoms with E-state index in [9.17, 15) is 10.2 Å². The molecule has 36 heavy (non-hydrogen) atoms. The molecule has 0 amide bonds. The van der Waals surface area contributed by atoms with Gasteiger partial charge in [0.2, 0.25) is 0 Å². The molecule has 0 aromatic heterocycles. The molecule has 194 valence electrons. The summed E-state index contributed by atoms with van der Waals surface area (Å²) in [6, 6.07) is 20.8. The Hall–Kier alpha value is -2.42. The molecular formula is C34H46O2. The molecule has 2 nitrogen and oxygen atoms in total. The maximum absolute atomic E-state index is 9.37. The van der Waals surface area contributed by atoms with Crippen LogP contribution in [0.4, 0.5) is 0 Å². The van der Waals surface area contributed by atoms with Crippen molar-refractivity contribution in [2.75, 3.05) is 13.2 Å². The summed E-state index contributed by atoms with van der Waals surface area (Å²) in [5, 5.41) is 18.7. The molecule has 0 aliphatic carbocycles. The Kier molecular flexibility index (Phi) is 11.2. The topological polar surface area (TPSA) is 40.5 Å². The lowest BCUT2D eigenvalue weighted by molar-refractivity contribution is 0.144. The van der Waals surface area contributed by atoms with E-state index in [4.69, 9.17) is 0 Å². The molecule has 3 aromatic carbocycles. The van der Waals surface area contributed by atoms with Crippen molar-refractivity contribution < 1.29 is 10.2 Å². The second-order valence-corrected chi connectivity index (χ2v) is 10.5. The Morgan fingerprint density at radius 1 is 0.611 bits per heavy atom. The molecule has 0 radical (unpaired) electrons. The highest BCUT2D eigenvalue weighted by Crippen LogP contribution is 2.31. The molecule has 0 saturated carbocycles. The third kappa shape index (κ3) is 7.79. The van der Waals surface area contributed by atoms with Gasteiger partial charge in [-0.05, 0) is 109 Å². The van der Waals surface area contributed by atoms with Crippen LogP contribution >= 0.6 is 0 Å². The zero-order valence-electron chi connectivity index (χ0n) is 22.9. The van der Waals surface area contributed by atoms with Gasteiger partial charge in [0.25, 0.3) is 0 Å². The van der Waals surface area contributed by atoms with Gasteiger partial charge in [0, 0.05) is 19.1 Å². The van der Waals surface area contributed by atoms with Gasteiger partial charge in [-0.25, -0.2) is 0 Å². The van der Waals surface area contributed by atoms with E-state index in [2.05, 4.69) is 82.3 Å². The quantitative estimate of drug-likeness (QED) is 0.231. The number of aryl methyl sites for hydroxylation is 7. The van der Waals surface area contributed by atoms with E-state index in [1.165, 1.54) is 75.8 Å². The highest BCUT2D eigenvalue weighted by Gasteiger charge is 2.12. The number of hydrogen-bond acceptors (Lipinski definition) is 2. The van der Waals surface area contributed by atoms with Crippen LogP contribution in [-0.2, 0) is 32.1 Å². The van der Waals surface area contributed by atoms with Crippen molar-refractivity contribution in [2.24, 2.45) is 5.92 Å². The average Bonchev–Trinajstić information content (AvgIpc) is 2.90. The first-order valence-corrected chi connectivity index (χ1v) is 14.0. The summed E-state index contributed by atoms with van der Waals surface area (Å²) in [6.07, 6.45) is 9.90. The SMILES string of the molecule is CCCCCc1ccc(CCc2cc(C)c(-c3ccc(CCC(CO)CO)cc3CC)cc2C)cc1. The molecule has 0 saturated heterocycles. The minimum Gasteiger partial charge on any atom is -0.396 e. The van der Waals surface area contributed by atoms with E-state index < -0.39 is 0 Å². The third-order valence-electron chi connectivity index (χ3n) is 7.66. The van der Waals surface area contributed by atoms with Gasteiger partial charge in [0.05, 0.1) is 0 Å². The number of aliphatic hydroxyl groups is 2. The Balaban J connectivity index is 1.70. The summed E-state index contributed by atoms with van der Waals surface area (Å²) in [6.45, 7) is 9.06. The van der Waals surface area contributed by atoms with E-state index in [0.717, 1.165) is 32.1 Å². The Labute approximate surface area is 219 Å². The number of rotatable bonds is 14. The molecule has 0 aliphatic rings. The molecule has 3 rings (SSSR count). The number of hydrogen-bond donors (Lipinski definition) is 2. The molecule has 0 bridgehead atoms.